The summed E-state index contributed by atoms with van der Waals surface area (Å²) in [5.41, 5.74) is 1.98. The summed E-state index contributed by atoms with van der Waals surface area (Å²) in [5.74, 6) is -0.349. The number of nitrogens with one attached hydrogen (secondary N) is 1. The fourth-order valence-electron chi connectivity index (χ4n) is 4.05. The quantitative estimate of drug-likeness (QED) is 0.378. The zero-order valence-corrected chi connectivity index (χ0v) is 19.8. The van der Waals surface area contributed by atoms with Crippen molar-refractivity contribution in [3.63, 3.8) is 0 Å². The van der Waals surface area contributed by atoms with Crippen molar-refractivity contribution in [2.75, 3.05) is 5.32 Å². The molecule has 1 fully saturated rings. The molecule has 35 heavy (non-hydrogen) atoms. The molecule has 0 spiro atoms. The number of alkyl halides is 3. The lowest BCUT2D eigenvalue weighted by molar-refractivity contribution is -0.136. The third kappa shape index (κ3) is 4.88. The van der Waals surface area contributed by atoms with Crippen LogP contribution < -0.4 is 5.32 Å². The van der Waals surface area contributed by atoms with Crippen LogP contribution in [0.15, 0.2) is 36.5 Å². The van der Waals surface area contributed by atoms with Crippen molar-refractivity contribution >= 4 is 34.4 Å². The zero-order chi connectivity index (χ0) is 24.9. The van der Waals surface area contributed by atoms with Crippen molar-refractivity contribution in [3.8, 4) is 0 Å². The number of hydrogen-bond acceptors (Lipinski definition) is 4. The van der Waals surface area contributed by atoms with Crippen LogP contribution in [0.4, 0.5) is 19.0 Å². The molecule has 0 bridgehead atoms. The molecule has 0 unspecified atom stereocenters. The zero-order valence-electron chi connectivity index (χ0n) is 19.0. The van der Waals surface area contributed by atoms with Gasteiger partial charge in [-0.1, -0.05) is 41.4 Å². The second-order valence-electron chi connectivity index (χ2n) is 8.87. The standard InChI is InChI=1S/C24H22ClF3N6O/c1-13-3-5-15(6-4-13)10-33-11-18(25)22(32-33)30-20(35)12-34-23-21(14(2)31-34)17(24(26,27)28)9-19(29-23)16-7-8-16/h3-6,9,11,16H,7-8,10,12H2,1-2H3,(H,30,32,35). The number of halogens is 4. The number of aryl methyl sites for hydroxylation is 2. The van der Waals surface area contributed by atoms with Gasteiger partial charge in [0.1, 0.15) is 11.6 Å². The number of rotatable bonds is 6. The molecular formula is C24H22ClF3N6O. The van der Waals surface area contributed by atoms with Crippen molar-refractivity contribution < 1.29 is 18.0 Å². The van der Waals surface area contributed by atoms with E-state index in [2.05, 4.69) is 20.5 Å². The Kier molecular flexibility index (Phi) is 5.79. The van der Waals surface area contributed by atoms with Gasteiger partial charge in [0.05, 0.1) is 23.2 Å². The summed E-state index contributed by atoms with van der Waals surface area (Å²) in [5, 5.41) is 11.3. The number of hydrogen-bond donors (Lipinski definition) is 1. The summed E-state index contributed by atoms with van der Waals surface area (Å²) in [7, 11) is 0. The van der Waals surface area contributed by atoms with Gasteiger partial charge < -0.3 is 5.32 Å². The van der Waals surface area contributed by atoms with E-state index in [0.717, 1.165) is 30.0 Å². The highest BCUT2D eigenvalue weighted by Crippen LogP contribution is 2.43. The number of amides is 1. The van der Waals surface area contributed by atoms with Gasteiger partial charge in [0, 0.05) is 17.8 Å². The number of anilines is 1. The van der Waals surface area contributed by atoms with Crippen LogP contribution in [0.25, 0.3) is 11.0 Å². The molecule has 182 valence electrons. The first-order valence-corrected chi connectivity index (χ1v) is 11.5. The Labute approximate surface area is 203 Å². The summed E-state index contributed by atoms with van der Waals surface area (Å²) in [6, 6.07) is 9.05. The van der Waals surface area contributed by atoms with Crippen LogP contribution >= 0.6 is 11.6 Å². The van der Waals surface area contributed by atoms with Gasteiger partial charge in [-0.2, -0.15) is 23.4 Å². The molecule has 5 rings (SSSR count). The van der Waals surface area contributed by atoms with E-state index >= 15 is 0 Å². The van der Waals surface area contributed by atoms with Gasteiger partial charge in [0.25, 0.3) is 0 Å². The Morgan fingerprint density at radius 3 is 2.54 bits per heavy atom. The van der Waals surface area contributed by atoms with Crippen molar-refractivity contribution in [2.45, 2.75) is 51.9 Å². The SMILES string of the molecule is Cc1ccc(Cn2cc(Cl)c(NC(=O)Cn3nc(C)c4c(C(F)(F)F)cc(C5CC5)nc43)n2)cc1. The third-order valence-electron chi connectivity index (χ3n) is 5.93. The smallest absolute Gasteiger partial charge is 0.306 e. The number of benzene rings is 1. The second kappa shape index (κ2) is 8.67. The van der Waals surface area contributed by atoms with Gasteiger partial charge in [-0.3, -0.25) is 9.48 Å². The molecule has 0 atom stereocenters. The normalized spacial score (nSPS) is 14.0. The van der Waals surface area contributed by atoms with E-state index in [1.54, 1.807) is 10.9 Å². The van der Waals surface area contributed by atoms with Crippen LogP contribution in [0, 0.1) is 13.8 Å². The second-order valence-corrected chi connectivity index (χ2v) is 9.27. The monoisotopic (exact) mass is 502 g/mol. The molecular weight excluding hydrogens is 481 g/mol. The lowest BCUT2D eigenvalue weighted by Crippen LogP contribution is -2.20. The number of carbonyl (C=O) groups excluding carboxylic acids is 1. The maximum Gasteiger partial charge on any atom is 0.417 e. The van der Waals surface area contributed by atoms with Gasteiger partial charge in [-0.15, -0.1) is 0 Å². The number of pyridine rings is 1. The molecule has 1 amide bonds. The van der Waals surface area contributed by atoms with Crippen LogP contribution in [0.1, 0.15) is 46.8 Å². The van der Waals surface area contributed by atoms with E-state index in [9.17, 15) is 18.0 Å². The highest BCUT2D eigenvalue weighted by Gasteiger charge is 2.37. The molecule has 4 aromatic rings. The van der Waals surface area contributed by atoms with E-state index in [0.29, 0.717) is 12.2 Å². The van der Waals surface area contributed by atoms with Crippen molar-refractivity contribution in [2.24, 2.45) is 0 Å². The fourth-order valence-corrected chi connectivity index (χ4v) is 4.24. The van der Waals surface area contributed by atoms with Gasteiger partial charge in [0.15, 0.2) is 11.5 Å². The summed E-state index contributed by atoms with van der Waals surface area (Å²) in [4.78, 5) is 17.2. The van der Waals surface area contributed by atoms with Crippen molar-refractivity contribution in [1.82, 2.24) is 24.5 Å². The highest BCUT2D eigenvalue weighted by atomic mass is 35.5. The molecule has 1 saturated carbocycles. The predicted octanol–water partition coefficient (Wildman–Crippen LogP) is 5.48. The summed E-state index contributed by atoms with van der Waals surface area (Å²) in [6.45, 7) is 3.61. The van der Waals surface area contributed by atoms with E-state index in [1.807, 2.05) is 31.2 Å². The Morgan fingerprint density at radius 2 is 1.89 bits per heavy atom. The summed E-state index contributed by atoms with van der Waals surface area (Å²) >= 11 is 6.26. The Morgan fingerprint density at radius 1 is 1.17 bits per heavy atom. The molecule has 3 heterocycles. The number of nitrogens with zero attached hydrogens (tertiary/aromatic N) is 5. The van der Waals surface area contributed by atoms with Crippen LogP contribution in [-0.4, -0.2) is 30.5 Å². The number of aromatic nitrogens is 5. The largest absolute Gasteiger partial charge is 0.417 e. The lowest BCUT2D eigenvalue weighted by atomic mass is 10.1. The van der Waals surface area contributed by atoms with Crippen molar-refractivity contribution in [3.05, 3.63) is 69.6 Å². The average Bonchev–Trinajstić information content (AvgIpc) is 3.52. The van der Waals surface area contributed by atoms with Crippen LogP contribution in [0.5, 0.6) is 0 Å². The predicted molar refractivity (Wildman–Crippen MR) is 125 cm³/mol. The summed E-state index contributed by atoms with van der Waals surface area (Å²) < 4.78 is 44.1. The third-order valence-corrected chi connectivity index (χ3v) is 6.21. The van der Waals surface area contributed by atoms with Crippen LogP contribution in [-0.2, 0) is 24.1 Å². The summed E-state index contributed by atoms with van der Waals surface area (Å²) in [6.07, 6.45) is -1.35. The van der Waals surface area contributed by atoms with E-state index < -0.39 is 17.6 Å². The van der Waals surface area contributed by atoms with E-state index in [4.69, 9.17) is 11.6 Å². The Bertz CT molecular complexity index is 1420. The number of fused-ring (bicyclic) bond motifs is 1. The molecule has 1 aromatic carbocycles. The minimum Gasteiger partial charge on any atom is -0.306 e. The Balaban J connectivity index is 1.38. The molecule has 3 aromatic heterocycles. The first-order chi connectivity index (χ1) is 16.6. The van der Waals surface area contributed by atoms with E-state index in [-0.39, 0.29) is 40.0 Å². The van der Waals surface area contributed by atoms with Gasteiger partial charge >= 0.3 is 6.18 Å². The number of carbonyl (C=O) groups is 1. The Hall–Kier alpha value is -3.40. The highest BCUT2D eigenvalue weighted by molar-refractivity contribution is 6.33. The van der Waals surface area contributed by atoms with Gasteiger partial charge in [-0.25, -0.2) is 9.67 Å². The molecule has 0 radical (unpaired) electrons. The van der Waals surface area contributed by atoms with Gasteiger partial charge in [0.2, 0.25) is 5.91 Å². The average molecular weight is 503 g/mol. The molecule has 0 aliphatic heterocycles. The molecule has 1 aliphatic carbocycles. The van der Waals surface area contributed by atoms with Crippen LogP contribution in [0.3, 0.4) is 0 Å². The topological polar surface area (TPSA) is 77.6 Å². The molecule has 7 nitrogen and oxygen atoms in total. The van der Waals surface area contributed by atoms with Gasteiger partial charge in [-0.05, 0) is 38.3 Å². The van der Waals surface area contributed by atoms with E-state index in [1.165, 1.54) is 11.6 Å². The first-order valence-electron chi connectivity index (χ1n) is 11.1. The fraction of sp³-hybridized carbons (Fsp3) is 0.333. The molecule has 0 saturated heterocycles. The molecule has 1 N–H and O–H groups in total. The minimum absolute atomic E-state index is 0.00860. The maximum atomic E-state index is 13.8. The molecule has 11 heteroatoms. The van der Waals surface area contributed by atoms with Crippen LogP contribution in [0.2, 0.25) is 5.02 Å². The minimum atomic E-state index is -4.55. The maximum absolute atomic E-state index is 13.8. The van der Waals surface area contributed by atoms with Crippen molar-refractivity contribution in [1.29, 1.82) is 0 Å². The molecule has 1 aliphatic rings. The lowest BCUT2D eigenvalue weighted by Gasteiger charge is -2.11. The first kappa shape index (κ1) is 23.3.